The van der Waals surface area contributed by atoms with E-state index < -0.39 is 0 Å². The van der Waals surface area contributed by atoms with Crippen molar-refractivity contribution < 1.29 is 14.3 Å². The van der Waals surface area contributed by atoms with Crippen molar-refractivity contribution in [2.45, 2.75) is 52.1 Å². The lowest BCUT2D eigenvalue weighted by Gasteiger charge is -2.32. The Kier molecular flexibility index (Phi) is 6.30. The molecular weight excluding hydrogens is 328 g/mol. The van der Waals surface area contributed by atoms with Crippen LogP contribution in [0.2, 0.25) is 0 Å². The van der Waals surface area contributed by atoms with E-state index in [0.29, 0.717) is 17.9 Å². The molecule has 0 spiro atoms. The summed E-state index contributed by atoms with van der Waals surface area (Å²) in [7, 11) is 0. The minimum atomic E-state index is 0.0730. The Balaban J connectivity index is 1.54. The first-order chi connectivity index (χ1) is 12.5. The van der Waals surface area contributed by atoms with Gasteiger partial charge in [0.15, 0.2) is 0 Å². The van der Waals surface area contributed by atoms with Crippen LogP contribution in [-0.4, -0.2) is 49.1 Å². The lowest BCUT2D eigenvalue weighted by atomic mass is 10.1. The summed E-state index contributed by atoms with van der Waals surface area (Å²) in [6.07, 6.45) is 4.71. The molecule has 0 unspecified atom stereocenters. The van der Waals surface area contributed by atoms with Gasteiger partial charge in [-0.1, -0.05) is 13.8 Å². The second kappa shape index (κ2) is 8.67. The van der Waals surface area contributed by atoms with Gasteiger partial charge in [0.25, 0.3) is 5.91 Å². The molecule has 1 aromatic rings. The fraction of sp³-hybridized carbons (Fsp3) is 0.619. The van der Waals surface area contributed by atoms with Gasteiger partial charge in [0, 0.05) is 43.9 Å². The Morgan fingerprint density at radius 3 is 2.42 bits per heavy atom. The molecule has 2 saturated heterocycles. The lowest BCUT2D eigenvalue weighted by Crippen LogP contribution is -2.41. The van der Waals surface area contributed by atoms with Gasteiger partial charge in [0.2, 0.25) is 5.91 Å². The monoisotopic (exact) mass is 358 g/mol. The highest BCUT2D eigenvalue weighted by molar-refractivity contribution is 5.97. The SMILES string of the molecule is CC(C)COC1CCN(C(=O)c2ccc(N3CCCCC3=O)cc2)CC1. The summed E-state index contributed by atoms with van der Waals surface area (Å²) in [6, 6.07) is 7.49. The first-order valence-electron chi connectivity index (χ1n) is 9.86. The highest BCUT2D eigenvalue weighted by atomic mass is 16.5. The van der Waals surface area contributed by atoms with Gasteiger partial charge in [-0.15, -0.1) is 0 Å². The Bertz CT molecular complexity index is 619. The molecule has 0 bridgehead atoms. The number of carbonyl (C=O) groups is 2. The molecule has 2 fully saturated rings. The third-order valence-electron chi connectivity index (χ3n) is 5.14. The number of benzene rings is 1. The third kappa shape index (κ3) is 4.64. The predicted octanol–water partition coefficient (Wildman–Crippen LogP) is 3.48. The molecule has 2 amide bonds. The van der Waals surface area contributed by atoms with Crippen LogP contribution >= 0.6 is 0 Å². The lowest BCUT2D eigenvalue weighted by molar-refractivity contribution is -0.119. The predicted molar refractivity (Wildman–Crippen MR) is 102 cm³/mol. The number of hydrogen-bond acceptors (Lipinski definition) is 3. The van der Waals surface area contributed by atoms with E-state index >= 15 is 0 Å². The number of carbonyl (C=O) groups excluding carboxylic acids is 2. The van der Waals surface area contributed by atoms with E-state index in [1.807, 2.05) is 34.1 Å². The zero-order valence-electron chi connectivity index (χ0n) is 15.9. The molecule has 2 heterocycles. The molecule has 0 radical (unpaired) electrons. The average Bonchev–Trinajstić information content (AvgIpc) is 2.67. The number of nitrogens with zero attached hydrogens (tertiary/aromatic N) is 2. The van der Waals surface area contributed by atoms with Gasteiger partial charge < -0.3 is 14.5 Å². The molecule has 0 aliphatic carbocycles. The Labute approximate surface area is 156 Å². The van der Waals surface area contributed by atoms with Crippen molar-refractivity contribution in [1.82, 2.24) is 4.90 Å². The maximum Gasteiger partial charge on any atom is 0.253 e. The van der Waals surface area contributed by atoms with Crippen LogP contribution < -0.4 is 4.90 Å². The standard InChI is InChI=1S/C21H30N2O3/c1-16(2)15-26-19-10-13-22(14-11-19)21(25)17-6-8-18(9-7-17)23-12-4-3-5-20(23)24/h6-9,16,19H,3-5,10-15H2,1-2H3. The zero-order chi connectivity index (χ0) is 18.5. The zero-order valence-corrected chi connectivity index (χ0v) is 15.9. The first kappa shape index (κ1) is 18.9. The molecule has 2 aliphatic heterocycles. The Hall–Kier alpha value is -1.88. The third-order valence-corrected chi connectivity index (χ3v) is 5.14. The number of likely N-dealkylation sites (tertiary alicyclic amines) is 1. The molecule has 2 aliphatic rings. The van der Waals surface area contributed by atoms with Crippen LogP contribution in [0.25, 0.3) is 0 Å². The van der Waals surface area contributed by atoms with Crippen molar-refractivity contribution in [2.24, 2.45) is 5.92 Å². The number of amides is 2. The molecule has 0 aromatic heterocycles. The molecule has 5 heteroatoms. The molecular formula is C21H30N2O3. The highest BCUT2D eigenvalue weighted by Gasteiger charge is 2.25. The molecule has 0 atom stereocenters. The summed E-state index contributed by atoms with van der Waals surface area (Å²) in [5, 5.41) is 0. The van der Waals surface area contributed by atoms with Crippen molar-refractivity contribution >= 4 is 17.5 Å². The van der Waals surface area contributed by atoms with E-state index in [1.165, 1.54) is 0 Å². The number of piperidine rings is 2. The van der Waals surface area contributed by atoms with Gasteiger partial charge in [-0.3, -0.25) is 9.59 Å². The summed E-state index contributed by atoms with van der Waals surface area (Å²) in [5.41, 5.74) is 1.59. The summed E-state index contributed by atoms with van der Waals surface area (Å²) >= 11 is 0. The molecule has 0 saturated carbocycles. The second-order valence-electron chi connectivity index (χ2n) is 7.77. The quantitative estimate of drug-likeness (QED) is 0.810. The average molecular weight is 358 g/mol. The van der Waals surface area contributed by atoms with Gasteiger partial charge >= 0.3 is 0 Å². The summed E-state index contributed by atoms with van der Waals surface area (Å²) in [4.78, 5) is 28.5. The van der Waals surface area contributed by atoms with E-state index in [4.69, 9.17) is 4.74 Å². The smallest absolute Gasteiger partial charge is 0.253 e. The highest BCUT2D eigenvalue weighted by Crippen LogP contribution is 2.23. The largest absolute Gasteiger partial charge is 0.378 e. The Morgan fingerprint density at radius 1 is 1.12 bits per heavy atom. The molecule has 1 aromatic carbocycles. The van der Waals surface area contributed by atoms with Crippen LogP contribution in [0.15, 0.2) is 24.3 Å². The summed E-state index contributed by atoms with van der Waals surface area (Å²) in [5.74, 6) is 0.794. The van der Waals surface area contributed by atoms with Gasteiger partial charge in [-0.05, 0) is 55.9 Å². The van der Waals surface area contributed by atoms with Crippen LogP contribution in [0.3, 0.4) is 0 Å². The molecule has 0 N–H and O–H groups in total. The minimum absolute atomic E-state index is 0.0730. The van der Waals surface area contributed by atoms with Crippen molar-refractivity contribution in [1.29, 1.82) is 0 Å². The van der Waals surface area contributed by atoms with Gasteiger partial charge in [-0.25, -0.2) is 0 Å². The molecule has 3 rings (SSSR count). The van der Waals surface area contributed by atoms with Gasteiger partial charge in [0.05, 0.1) is 6.10 Å². The van der Waals surface area contributed by atoms with Crippen LogP contribution in [0.1, 0.15) is 56.3 Å². The van der Waals surface area contributed by atoms with E-state index in [9.17, 15) is 9.59 Å². The second-order valence-corrected chi connectivity index (χ2v) is 7.77. The van der Waals surface area contributed by atoms with Crippen molar-refractivity contribution in [3.63, 3.8) is 0 Å². The molecule has 26 heavy (non-hydrogen) atoms. The number of ether oxygens (including phenoxy) is 1. The minimum Gasteiger partial charge on any atom is -0.378 e. The van der Waals surface area contributed by atoms with Crippen LogP contribution in [-0.2, 0) is 9.53 Å². The number of anilines is 1. The van der Waals surface area contributed by atoms with Crippen molar-refractivity contribution in [3.05, 3.63) is 29.8 Å². The summed E-state index contributed by atoms with van der Waals surface area (Å²) in [6.45, 7) is 7.35. The number of hydrogen-bond donors (Lipinski definition) is 0. The molecule has 5 nitrogen and oxygen atoms in total. The first-order valence-corrected chi connectivity index (χ1v) is 9.86. The van der Waals surface area contributed by atoms with Gasteiger partial charge in [0.1, 0.15) is 0 Å². The fourth-order valence-electron chi connectivity index (χ4n) is 3.60. The van der Waals surface area contributed by atoms with E-state index in [-0.39, 0.29) is 17.9 Å². The van der Waals surface area contributed by atoms with E-state index in [2.05, 4.69) is 13.8 Å². The fourth-order valence-corrected chi connectivity index (χ4v) is 3.60. The van der Waals surface area contributed by atoms with Crippen LogP contribution in [0.4, 0.5) is 5.69 Å². The molecule has 142 valence electrons. The Morgan fingerprint density at radius 2 is 1.81 bits per heavy atom. The maximum absolute atomic E-state index is 12.7. The summed E-state index contributed by atoms with van der Waals surface area (Å²) < 4.78 is 5.90. The number of rotatable bonds is 5. The van der Waals surface area contributed by atoms with E-state index in [0.717, 1.165) is 57.6 Å². The van der Waals surface area contributed by atoms with E-state index in [1.54, 1.807) is 0 Å². The van der Waals surface area contributed by atoms with Gasteiger partial charge in [-0.2, -0.15) is 0 Å². The van der Waals surface area contributed by atoms with Crippen molar-refractivity contribution in [3.8, 4) is 0 Å². The van der Waals surface area contributed by atoms with Crippen LogP contribution in [0, 0.1) is 5.92 Å². The maximum atomic E-state index is 12.7. The topological polar surface area (TPSA) is 49.9 Å². The van der Waals surface area contributed by atoms with Crippen LogP contribution in [0.5, 0.6) is 0 Å². The van der Waals surface area contributed by atoms with Crippen molar-refractivity contribution in [2.75, 3.05) is 31.1 Å². The normalized spacial score (nSPS) is 19.3.